The van der Waals surface area contributed by atoms with Gasteiger partial charge in [0.1, 0.15) is 0 Å². The zero-order chi connectivity index (χ0) is 19.4. The van der Waals surface area contributed by atoms with Gasteiger partial charge in [-0.2, -0.15) is 18.4 Å². The highest BCUT2D eigenvalue weighted by Crippen LogP contribution is 2.48. The van der Waals surface area contributed by atoms with E-state index in [0.717, 1.165) is 22.6 Å². The van der Waals surface area contributed by atoms with Crippen LogP contribution in [0.3, 0.4) is 0 Å². The van der Waals surface area contributed by atoms with Crippen molar-refractivity contribution in [3.05, 3.63) is 59.7 Å². The Hall–Kier alpha value is -2.46. The topological polar surface area (TPSA) is 52.9 Å². The smallest absolute Gasteiger partial charge is 0.325 e. The predicted molar refractivity (Wildman–Crippen MR) is 98.3 cm³/mol. The quantitative estimate of drug-likeness (QED) is 0.527. The summed E-state index contributed by atoms with van der Waals surface area (Å²) in [6, 6.07) is 14.5. The highest BCUT2D eigenvalue weighted by Gasteiger charge is 2.44. The van der Waals surface area contributed by atoms with Gasteiger partial charge in [0.15, 0.2) is 0 Å². The number of amides is 1. The minimum atomic E-state index is -4.36. The van der Waals surface area contributed by atoms with Gasteiger partial charge in [-0.1, -0.05) is 24.3 Å². The molecule has 2 atom stereocenters. The van der Waals surface area contributed by atoms with Gasteiger partial charge in [0.25, 0.3) is 0 Å². The first-order valence-electron chi connectivity index (χ1n) is 8.47. The van der Waals surface area contributed by atoms with E-state index >= 15 is 0 Å². The van der Waals surface area contributed by atoms with Crippen LogP contribution in [-0.4, -0.2) is 11.7 Å². The molecular formula is C20H17F3N2OS. The third kappa shape index (κ3) is 4.83. The van der Waals surface area contributed by atoms with Gasteiger partial charge in [-0.05, 0) is 42.2 Å². The van der Waals surface area contributed by atoms with E-state index < -0.39 is 11.7 Å². The summed E-state index contributed by atoms with van der Waals surface area (Å²) in [5, 5.41) is 11.6. The first-order chi connectivity index (χ1) is 12.9. The van der Waals surface area contributed by atoms with E-state index in [1.165, 1.54) is 23.9 Å². The van der Waals surface area contributed by atoms with E-state index in [9.17, 15) is 18.0 Å². The summed E-state index contributed by atoms with van der Waals surface area (Å²) in [6.07, 6.45) is -3.31. The van der Waals surface area contributed by atoms with Crippen LogP contribution in [-0.2, 0) is 11.0 Å². The van der Waals surface area contributed by atoms with Crippen molar-refractivity contribution in [1.29, 1.82) is 5.26 Å². The van der Waals surface area contributed by atoms with Crippen molar-refractivity contribution in [3.8, 4) is 6.07 Å². The van der Waals surface area contributed by atoms with Crippen molar-refractivity contribution in [2.45, 2.75) is 29.8 Å². The second-order valence-electron chi connectivity index (χ2n) is 6.31. The van der Waals surface area contributed by atoms with Crippen LogP contribution in [0.2, 0.25) is 0 Å². The van der Waals surface area contributed by atoms with Gasteiger partial charge in [-0.15, -0.1) is 11.8 Å². The molecule has 1 aliphatic carbocycles. The Kier molecular flexibility index (Phi) is 5.76. The van der Waals surface area contributed by atoms with Gasteiger partial charge in [-0.25, -0.2) is 0 Å². The molecule has 1 aliphatic rings. The number of hydrogen-bond acceptors (Lipinski definition) is 3. The van der Waals surface area contributed by atoms with Gasteiger partial charge < -0.3 is 5.32 Å². The number of anilines is 1. The fourth-order valence-corrected chi connectivity index (χ4v) is 3.76. The number of alkyl halides is 3. The monoisotopic (exact) mass is 390 g/mol. The fourth-order valence-electron chi connectivity index (χ4n) is 2.90. The van der Waals surface area contributed by atoms with Crippen molar-refractivity contribution in [1.82, 2.24) is 0 Å². The van der Waals surface area contributed by atoms with Crippen molar-refractivity contribution < 1.29 is 18.0 Å². The van der Waals surface area contributed by atoms with Crippen LogP contribution in [0.15, 0.2) is 53.4 Å². The Morgan fingerprint density at radius 1 is 1.19 bits per heavy atom. The number of carbonyl (C=O) groups excluding carboxylic acids is 1. The van der Waals surface area contributed by atoms with Crippen molar-refractivity contribution >= 4 is 23.4 Å². The van der Waals surface area contributed by atoms with Crippen LogP contribution in [0.5, 0.6) is 0 Å². The lowest BCUT2D eigenvalue weighted by Crippen LogP contribution is -2.15. The number of nitrogens with one attached hydrogen (secondary N) is 1. The number of para-hydroxylation sites is 1. The maximum absolute atomic E-state index is 12.6. The highest BCUT2D eigenvalue weighted by atomic mass is 32.2. The summed E-state index contributed by atoms with van der Waals surface area (Å²) < 4.78 is 37.9. The van der Waals surface area contributed by atoms with Crippen LogP contribution in [0, 0.1) is 17.2 Å². The van der Waals surface area contributed by atoms with E-state index in [0.29, 0.717) is 24.3 Å². The first kappa shape index (κ1) is 19.3. The molecule has 2 unspecified atom stereocenters. The third-order valence-electron chi connectivity index (χ3n) is 4.41. The molecule has 140 valence electrons. The molecule has 0 bridgehead atoms. The van der Waals surface area contributed by atoms with Crippen LogP contribution in [0.1, 0.15) is 29.9 Å². The molecule has 1 N–H and O–H groups in total. The Balaban J connectivity index is 1.62. The molecule has 27 heavy (non-hydrogen) atoms. The predicted octanol–water partition coefficient (Wildman–Crippen LogP) is 5.45. The first-order valence-corrected chi connectivity index (χ1v) is 9.45. The Labute approximate surface area is 159 Å². The maximum atomic E-state index is 12.6. The standard InChI is InChI=1S/C20H17F3N2OS/c21-20(22,23)14-8-6-13(7-9-14)15-12-16(15)19(26)25-17-4-1-2-5-18(17)27-11-3-10-24/h1-2,4-9,15-16H,3,11-12H2,(H,25,26). The van der Waals surface area contributed by atoms with Crippen molar-refractivity contribution in [2.75, 3.05) is 11.1 Å². The lowest BCUT2D eigenvalue weighted by Gasteiger charge is -2.10. The average molecular weight is 390 g/mol. The average Bonchev–Trinajstić information content (AvgIpc) is 3.44. The van der Waals surface area contributed by atoms with Crippen LogP contribution >= 0.6 is 11.8 Å². The van der Waals surface area contributed by atoms with Crippen molar-refractivity contribution in [3.63, 3.8) is 0 Å². The maximum Gasteiger partial charge on any atom is 0.416 e. The molecule has 0 aromatic heterocycles. The van der Waals surface area contributed by atoms with Crippen LogP contribution < -0.4 is 5.32 Å². The van der Waals surface area contributed by atoms with Gasteiger partial charge in [0.05, 0.1) is 17.3 Å². The highest BCUT2D eigenvalue weighted by molar-refractivity contribution is 7.99. The number of carbonyl (C=O) groups is 1. The van der Waals surface area contributed by atoms with E-state index in [-0.39, 0.29) is 17.7 Å². The number of nitriles is 1. The van der Waals surface area contributed by atoms with Gasteiger partial charge in [0.2, 0.25) is 5.91 Å². The third-order valence-corrected chi connectivity index (χ3v) is 5.48. The molecule has 3 rings (SSSR count). The SMILES string of the molecule is N#CCCSc1ccccc1NC(=O)C1CC1c1ccc(C(F)(F)F)cc1. The Morgan fingerprint density at radius 3 is 2.56 bits per heavy atom. The van der Waals surface area contributed by atoms with E-state index in [1.54, 1.807) is 0 Å². The number of rotatable bonds is 6. The van der Waals surface area contributed by atoms with Crippen molar-refractivity contribution in [2.24, 2.45) is 5.92 Å². The summed E-state index contributed by atoms with van der Waals surface area (Å²) >= 11 is 1.50. The largest absolute Gasteiger partial charge is 0.416 e. The molecule has 2 aromatic rings. The normalized spacial score (nSPS) is 18.6. The molecule has 0 radical (unpaired) electrons. The lowest BCUT2D eigenvalue weighted by molar-refractivity contribution is -0.137. The fraction of sp³-hybridized carbons (Fsp3) is 0.300. The summed E-state index contributed by atoms with van der Waals surface area (Å²) in [6.45, 7) is 0. The molecule has 0 heterocycles. The van der Waals surface area contributed by atoms with Gasteiger partial charge in [-0.3, -0.25) is 4.79 Å². The molecule has 1 amide bonds. The summed E-state index contributed by atoms with van der Waals surface area (Å²) in [5.74, 6) is 0.221. The minimum absolute atomic E-state index is 0.0503. The molecule has 3 nitrogen and oxygen atoms in total. The zero-order valence-electron chi connectivity index (χ0n) is 14.3. The van der Waals surface area contributed by atoms with Gasteiger partial charge in [0, 0.05) is 23.0 Å². The minimum Gasteiger partial charge on any atom is -0.325 e. The molecule has 0 aliphatic heterocycles. The second-order valence-corrected chi connectivity index (χ2v) is 7.45. The molecule has 2 aromatic carbocycles. The Morgan fingerprint density at radius 2 is 1.89 bits per heavy atom. The number of hydrogen-bond donors (Lipinski definition) is 1. The molecule has 0 saturated heterocycles. The lowest BCUT2D eigenvalue weighted by atomic mass is 10.1. The molecule has 7 heteroatoms. The summed E-state index contributed by atoms with van der Waals surface area (Å²) in [4.78, 5) is 13.4. The number of halogens is 3. The van der Waals surface area contributed by atoms with Crippen LogP contribution in [0.4, 0.5) is 18.9 Å². The summed E-state index contributed by atoms with van der Waals surface area (Å²) in [7, 11) is 0. The van der Waals surface area contributed by atoms with E-state index in [1.807, 2.05) is 24.3 Å². The van der Waals surface area contributed by atoms with Gasteiger partial charge >= 0.3 is 6.18 Å². The number of nitrogens with zero attached hydrogens (tertiary/aromatic N) is 1. The molecule has 1 fully saturated rings. The second kappa shape index (κ2) is 8.05. The Bertz CT molecular complexity index is 859. The number of benzene rings is 2. The molecule has 1 saturated carbocycles. The molecule has 0 spiro atoms. The zero-order valence-corrected chi connectivity index (χ0v) is 15.1. The van der Waals surface area contributed by atoms with Crippen LogP contribution in [0.25, 0.3) is 0 Å². The van der Waals surface area contributed by atoms with E-state index in [4.69, 9.17) is 5.26 Å². The van der Waals surface area contributed by atoms with E-state index in [2.05, 4.69) is 11.4 Å². The summed E-state index contributed by atoms with van der Waals surface area (Å²) in [5.41, 5.74) is 0.763. The molecular weight excluding hydrogens is 373 g/mol. The number of thioether (sulfide) groups is 1.